The number of aromatic carboxylic acids is 1. The van der Waals surface area contributed by atoms with E-state index >= 15 is 0 Å². The lowest BCUT2D eigenvalue weighted by atomic mass is 10.1. The van der Waals surface area contributed by atoms with Crippen molar-refractivity contribution in [2.75, 3.05) is 0 Å². The SMILES string of the molecule is O=C(O)CCCn1nc(-c2ccc(OCc3ccc(Cl)cc3)cc2OCc2ccc(Cl)cc2)cc1C(=O)O. The minimum Gasteiger partial charge on any atom is -0.489 e. The fourth-order valence-electron chi connectivity index (χ4n) is 3.68. The van der Waals surface area contributed by atoms with Gasteiger partial charge in [0.05, 0.1) is 5.69 Å². The third-order valence-electron chi connectivity index (χ3n) is 5.62. The van der Waals surface area contributed by atoms with Crippen LogP contribution in [0.15, 0.2) is 72.8 Å². The van der Waals surface area contributed by atoms with Gasteiger partial charge in [0.2, 0.25) is 0 Å². The monoisotopic (exact) mass is 554 g/mol. The molecule has 3 aromatic carbocycles. The standard InChI is InChI=1S/C28H24Cl2N2O6/c29-20-7-3-18(4-8-20)16-37-22-11-12-23(26(14-22)38-17-19-5-9-21(30)10-6-19)24-15-25(28(35)36)32(31-24)13-1-2-27(33)34/h3-12,14-15H,1-2,13,16-17H2,(H,33,34)(H,35,36). The molecule has 0 spiro atoms. The minimum atomic E-state index is -1.16. The number of aryl methyl sites for hydroxylation is 1. The van der Waals surface area contributed by atoms with Gasteiger partial charge in [-0.3, -0.25) is 9.48 Å². The van der Waals surface area contributed by atoms with E-state index in [1.807, 2.05) is 24.3 Å². The van der Waals surface area contributed by atoms with E-state index < -0.39 is 11.9 Å². The highest BCUT2D eigenvalue weighted by Gasteiger charge is 2.19. The van der Waals surface area contributed by atoms with E-state index in [0.29, 0.717) is 39.4 Å². The lowest BCUT2D eigenvalue weighted by molar-refractivity contribution is -0.137. The number of hydrogen-bond acceptors (Lipinski definition) is 5. The van der Waals surface area contributed by atoms with Crippen LogP contribution in [0.1, 0.15) is 34.5 Å². The molecule has 1 aromatic heterocycles. The van der Waals surface area contributed by atoms with Gasteiger partial charge in [-0.05, 0) is 60.0 Å². The Morgan fingerprint density at radius 1 is 0.816 bits per heavy atom. The molecule has 0 aliphatic rings. The zero-order chi connectivity index (χ0) is 27.1. The van der Waals surface area contributed by atoms with Crippen molar-refractivity contribution >= 4 is 35.1 Å². The number of benzene rings is 3. The van der Waals surface area contributed by atoms with Crippen molar-refractivity contribution in [3.63, 3.8) is 0 Å². The number of aliphatic carboxylic acids is 1. The molecule has 0 atom stereocenters. The van der Waals surface area contributed by atoms with Crippen molar-refractivity contribution in [1.82, 2.24) is 9.78 Å². The van der Waals surface area contributed by atoms with Gasteiger partial charge in [0.15, 0.2) is 0 Å². The lowest BCUT2D eigenvalue weighted by Crippen LogP contribution is -2.11. The first-order chi connectivity index (χ1) is 18.3. The molecule has 1 heterocycles. The summed E-state index contributed by atoms with van der Waals surface area (Å²) in [5.74, 6) is -1.12. The molecule has 0 saturated heterocycles. The first-order valence-electron chi connectivity index (χ1n) is 11.7. The molecule has 0 radical (unpaired) electrons. The number of nitrogens with zero attached hydrogens (tertiary/aromatic N) is 2. The Morgan fingerprint density at radius 3 is 2.00 bits per heavy atom. The molecule has 0 bridgehead atoms. The molecule has 0 amide bonds. The molecular weight excluding hydrogens is 531 g/mol. The molecule has 2 N–H and O–H groups in total. The van der Waals surface area contributed by atoms with Gasteiger partial charge >= 0.3 is 11.9 Å². The maximum atomic E-state index is 11.8. The third kappa shape index (κ3) is 7.27. The molecule has 196 valence electrons. The Morgan fingerprint density at radius 2 is 1.42 bits per heavy atom. The van der Waals surface area contributed by atoms with Crippen molar-refractivity contribution in [3.05, 3.63) is 99.7 Å². The zero-order valence-corrected chi connectivity index (χ0v) is 21.7. The van der Waals surface area contributed by atoms with E-state index in [0.717, 1.165) is 11.1 Å². The molecule has 38 heavy (non-hydrogen) atoms. The Labute approximate surface area is 229 Å². The highest BCUT2D eigenvalue weighted by atomic mass is 35.5. The Kier molecular flexibility index (Phi) is 8.89. The zero-order valence-electron chi connectivity index (χ0n) is 20.1. The number of carboxylic acids is 2. The summed E-state index contributed by atoms with van der Waals surface area (Å²) in [6.07, 6.45) is 0.150. The van der Waals surface area contributed by atoms with Gasteiger partial charge in [-0.1, -0.05) is 47.5 Å². The number of rotatable bonds is 12. The van der Waals surface area contributed by atoms with Crippen molar-refractivity contribution in [1.29, 1.82) is 0 Å². The average Bonchev–Trinajstić information content (AvgIpc) is 3.32. The summed E-state index contributed by atoms with van der Waals surface area (Å²) in [5, 5.41) is 24.3. The second kappa shape index (κ2) is 12.5. The predicted molar refractivity (Wildman–Crippen MR) is 143 cm³/mol. The second-order valence-electron chi connectivity index (χ2n) is 8.43. The van der Waals surface area contributed by atoms with Crippen molar-refractivity contribution < 1.29 is 29.3 Å². The van der Waals surface area contributed by atoms with Crippen LogP contribution in [0.4, 0.5) is 0 Å². The topological polar surface area (TPSA) is 111 Å². The van der Waals surface area contributed by atoms with Crippen LogP contribution in [0.3, 0.4) is 0 Å². The summed E-state index contributed by atoms with van der Waals surface area (Å²) in [7, 11) is 0. The summed E-state index contributed by atoms with van der Waals surface area (Å²) in [5.41, 5.74) is 2.73. The molecule has 0 fully saturated rings. The maximum Gasteiger partial charge on any atom is 0.354 e. The van der Waals surface area contributed by atoms with Crippen LogP contribution in [0.2, 0.25) is 10.0 Å². The van der Waals surface area contributed by atoms with Crippen molar-refractivity contribution in [2.24, 2.45) is 0 Å². The molecule has 4 rings (SSSR count). The lowest BCUT2D eigenvalue weighted by Gasteiger charge is -2.13. The van der Waals surface area contributed by atoms with Crippen LogP contribution in [0.25, 0.3) is 11.3 Å². The Bertz CT molecular complexity index is 1420. The molecular formula is C28H24Cl2N2O6. The quantitative estimate of drug-likeness (QED) is 0.203. The number of aromatic nitrogens is 2. The Hall–Kier alpha value is -4.01. The predicted octanol–water partition coefficient (Wildman–Crippen LogP) is 6.58. The third-order valence-corrected chi connectivity index (χ3v) is 6.12. The molecule has 8 nitrogen and oxygen atoms in total. The summed E-state index contributed by atoms with van der Waals surface area (Å²) in [6, 6.07) is 21.2. The summed E-state index contributed by atoms with van der Waals surface area (Å²) in [4.78, 5) is 22.7. The number of carbonyl (C=O) groups is 2. The highest BCUT2D eigenvalue weighted by Crippen LogP contribution is 2.34. The molecule has 10 heteroatoms. The molecule has 4 aromatic rings. The van der Waals surface area contributed by atoms with Gasteiger partial charge in [-0.15, -0.1) is 0 Å². The second-order valence-corrected chi connectivity index (χ2v) is 9.30. The smallest absolute Gasteiger partial charge is 0.354 e. The minimum absolute atomic E-state index is 0.0443. The van der Waals surface area contributed by atoms with E-state index in [1.54, 1.807) is 42.5 Å². The summed E-state index contributed by atoms with van der Waals surface area (Å²) < 4.78 is 13.4. The number of ether oxygens (including phenoxy) is 2. The van der Waals surface area contributed by atoms with Gasteiger partial charge < -0.3 is 19.7 Å². The van der Waals surface area contributed by atoms with Crippen LogP contribution in [0.5, 0.6) is 11.5 Å². The summed E-state index contributed by atoms with van der Waals surface area (Å²) >= 11 is 11.9. The summed E-state index contributed by atoms with van der Waals surface area (Å²) in [6.45, 7) is 0.696. The number of carboxylic acid groups (broad SMARTS) is 2. The van der Waals surface area contributed by atoms with E-state index in [4.69, 9.17) is 37.8 Å². The fraction of sp³-hybridized carbons (Fsp3) is 0.179. The average molecular weight is 555 g/mol. The van der Waals surface area contributed by atoms with Crippen LogP contribution in [0, 0.1) is 0 Å². The highest BCUT2D eigenvalue weighted by molar-refractivity contribution is 6.30. The largest absolute Gasteiger partial charge is 0.489 e. The van der Waals surface area contributed by atoms with Gasteiger partial charge in [0.1, 0.15) is 30.4 Å². The van der Waals surface area contributed by atoms with Crippen LogP contribution in [-0.2, 0) is 24.6 Å². The van der Waals surface area contributed by atoms with E-state index in [-0.39, 0.29) is 31.7 Å². The van der Waals surface area contributed by atoms with Crippen molar-refractivity contribution in [2.45, 2.75) is 32.6 Å². The van der Waals surface area contributed by atoms with E-state index in [1.165, 1.54) is 10.7 Å². The first kappa shape index (κ1) is 27.0. The molecule has 0 unspecified atom stereocenters. The van der Waals surface area contributed by atoms with Gasteiger partial charge in [-0.2, -0.15) is 5.10 Å². The molecule has 0 saturated carbocycles. The number of halogens is 2. The molecule has 0 aliphatic carbocycles. The van der Waals surface area contributed by atoms with Gasteiger partial charge in [0.25, 0.3) is 0 Å². The maximum absolute atomic E-state index is 11.8. The van der Waals surface area contributed by atoms with Crippen molar-refractivity contribution in [3.8, 4) is 22.8 Å². The van der Waals surface area contributed by atoms with Crippen LogP contribution >= 0.6 is 23.2 Å². The van der Waals surface area contributed by atoms with E-state index in [2.05, 4.69) is 5.10 Å². The van der Waals surface area contributed by atoms with Gasteiger partial charge in [0, 0.05) is 34.6 Å². The Balaban J connectivity index is 1.62. The molecule has 0 aliphatic heterocycles. The van der Waals surface area contributed by atoms with E-state index in [9.17, 15) is 14.7 Å². The van der Waals surface area contributed by atoms with Crippen LogP contribution < -0.4 is 9.47 Å². The van der Waals surface area contributed by atoms with Gasteiger partial charge in [-0.25, -0.2) is 4.79 Å². The number of hydrogen-bond donors (Lipinski definition) is 2. The first-order valence-corrected chi connectivity index (χ1v) is 12.5. The van der Waals surface area contributed by atoms with Crippen LogP contribution in [-0.4, -0.2) is 31.9 Å². The normalized spacial score (nSPS) is 10.8. The fourth-order valence-corrected chi connectivity index (χ4v) is 3.94.